The summed E-state index contributed by atoms with van der Waals surface area (Å²) in [5.74, 6) is 0.599. The first-order chi connectivity index (χ1) is 9.80. The Hall–Kier alpha value is -2.22. The summed E-state index contributed by atoms with van der Waals surface area (Å²) in [5.41, 5.74) is 0.0420. The molecule has 1 amide bonds. The maximum Gasteiger partial charge on any atom is 0.411 e. The van der Waals surface area contributed by atoms with E-state index in [1.165, 1.54) is 4.90 Å². The minimum Gasteiger partial charge on any atom is -0.493 e. The molecule has 1 aromatic carbocycles. The number of rotatable bonds is 4. The molecule has 1 rings (SSSR count). The molecule has 114 valence electrons. The second-order valence-electron chi connectivity index (χ2n) is 5.59. The molecule has 5 nitrogen and oxygen atoms in total. The van der Waals surface area contributed by atoms with Gasteiger partial charge in [-0.2, -0.15) is 5.26 Å². The Bertz CT molecular complexity index is 529. The zero-order valence-electron chi connectivity index (χ0n) is 13.2. The van der Waals surface area contributed by atoms with Crippen LogP contribution in [0.5, 0.6) is 5.75 Å². The third-order valence-electron chi connectivity index (χ3n) is 2.70. The number of ether oxygens (including phenoxy) is 2. The van der Waals surface area contributed by atoms with E-state index < -0.39 is 17.7 Å². The maximum absolute atomic E-state index is 12.1. The number of benzene rings is 1. The smallest absolute Gasteiger partial charge is 0.411 e. The van der Waals surface area contributed by atoms with Crippen LogP contribution in [0.25, 0.3) is 0 Å². The van der Waals surface area contributed by atoms with E-state index >= 15 is 0 Å². The van der Waals surface area contributed by atoms with E-state index in [-0.39, 0.29) is 0 Å². The molecule has 0 aliphatic rings. The van der Waals surface area contributed by atoms with Crippen molar-refractivity contribution in [3.05, 3.63) is 29.8 Å². The second kappa shape index (κ2) is 6.98. The summed E-state index contributed by atoms with van der Waals surface area (Å²) < 4.78 is 10.8. The molecule has 0 aliphatic heterocycles. The predicted octanol–water partition coefficient (Wildman–Crippen LogP) is 3.52. The lowest BCUT2D eigenvalue weighted by atomic mass is 10.1. The van der Waals surface area contributed by atoms with Gasteiger partial charge in [0.05, 0.1) is 12.7 Å². The van der Waals surface area contributed by atoms with Gasteiger partial charge in [-0.05, 0) is 33.8 Å². The molecule has 0 saturated heterocycles. The Morgan fingerprint density at radius 2 is 2.00 bits per heavy atom. The Labute approximate surface area is 126 Å². The van der Waals surface area contributed by atoms with Crippen LogP contribution < -0.4 is 4.74 Å². The molecule has 0 aliphatic carbocycles. The van der Waals surface area contributed by atoms with Crippen LogP contribution >= 0.6 is 0 Å². The third kappa shape index (κ3) is 4.67. The van der Waals surface area contributed by atoms with E-state index in [1.807, 2.05) is 19.1 Å². The maximum atomic E-state index is 12.1. The van der Waals surface area contributed by atoms with Crippen molar-refractivity contribution in [3.63, 3.8) is 0 Å². The molecular weight excluding hydrogens is 268 g/mol. The molecule has 21 heavy (non-hydrogen) atoms. The number of para-hydroxylation sites is 1. The number of hydrogen-bond donors (Lipinski definition) is 0. The summed E-state index contributed by atoms with van der Waals surface area (Å²) in [6.45, 7) is 7.72. The van der Waals surface area contributed by atoms with Crippen LogP contribution in [-0.2, 0) is 4.74 Å². The molecule has 0 saturated carbocycles. The second-order valence-corrected chi connectivity index (χ2v) is 5.59. The molecule has 0 aromatic heterocycles. The van der Waals surface area contributed by atoms with Crippen LogP contribution in [0.4, 0.5) is 4.79 Å². The molecular formula is C16H22N2O3. The van der Waals surface area contributed by atoms with E-state index in [0.717, 1.165) is 0 Å². The fraction of sp³-hybridized carbons (Fsp3) is 0.500. The van der Waals surface area contributed by atoms with Gasteiger partial charge in [0.25, 0.3) is 0 Å². The summed E-state index contributed by atoms with van der Waals surface area (Å²) in [4.78, 5) is 13.4. The highest BCUT2D eigenvalue weighted by atomic mass is 16.6. The molecule has 0 radical (unpaired) electrons. The van der Waals surface area contributed by atoms with Crippen LogP contribution in [0.1, 0.15) is 39.3 Å². The van der Waals surface area contributed by atoms with Crippen molar-refractivity contribution >= 4 is 6.09 Å². The van der Waals surface area contributed by atoms with Crippen LogP contribution in [0, 0.1) is 11.3 Å². The lowest BCUT2D eigenvalue weighted by Gasteiger charge is -2.28. The molecule has 1 unspecified atom stereocenters. The summed E-state index contributed by atoms with van der Waals surface area (Å²) in [6.07, 6.45) is -0.541. The molecule has 0 bridgehead atoms. The van der Waals surface area contributed by atoms with Gasteiger partial charge in [-0.3, -0.25) is 4.90 Å². The van der Waals surface area contributed by atoms with Gasteiger partial charge in [-0.25, -0.2) is 4.79 Å². The third-order valence-corrected chi connectivity index (χ3v) is 2.70. The van der Waals surface area contributed by atoms with Crippen molar-refractivity contribution in [2.75, 3.05) is 13.7 Å². The number of amides is 1. The minimum absolute atomic E-state index is 0.491. The molecule has 0 heterocycles. The van der Waals surface area contributed by atoms with Gasteiger partial charge < -0.3 is 9.47 Å². The fourth-order valence-electron chi connectivity index (χ4n) is 1.80. The van der Waals surface area contributed by atoms with Gasteiger partial charge in [-0.1, -0.05) is 18.2 Å². The summed E-state index contributed by atoms with van der Waals surface area (Å²) in [6, 6.07) is 8.57. The van der Waals surface area contributed by atoms with E-state index in [2.05, 4.69) is 6.07 Å². The summed E-state index contributed by atoms with van der Waals surface area (Å²) >= 11 is 0. The van der Waals surface area contributed by atoms with Crippen molar-refractivity contribution in [1.29, 1.82) is 5.26 Å². The van der Waals surface area contributed by atoms with Gasteiger partial charge in [0.2, 0.25) is 0 Å². The van der Waals surface area contributed by atoms with Gasteiger partial charge in [0, 0.05) is 12.6 Å². The number of nitriles is 1. The van der Waals surface area contributed by atoms with Gasteiger partial charge >= 0.3 is 6.09 Å². The predicted molar refractivity (Wildman–Crippen MR) is 80.0 cm³/mol. The Morgan fingerprint density at radius 3 is 2.52 bits per heavy atom. The number of carbonyl (C=O) groups is 1. The van der Waals surface area contributed by atoms with E-state index in [9.17, 15) is 10.1 Å². The zero-order chi connectivity index (χ0) is 16.0. The molecule has 0 fully saturated rings. The quantitative estimate of drug-likeness (QED) is 0.851. The highest BCUT2D eigenvalue weighted by molar-refractivity contribution is 5.69. The Balaban J connectivity index is 3.03. The van der Waals surface area contributed by atoms with Gasteiger partial charge in [0.1, 0.15) is 11.4 Å². The topological polar surface area (TPSA) is 62.6 Å². The highest BCUT2D eigenvalue weighted by Gasteiger charge is 2.28. The zero-order valence-corrected chi connectivity index (χ0v) is 13.2. The van der Waals surface area contributed by atoms with Crippen molar-refractivity contribution in [3.8, 4) is 11.8 Å². The van der Waals surface area contributed by atoms with Crippen molar-refractivity contribution in [2.45, 2.75) is 39.3 Å². The number of hydrogen-bond acceptors (Lipinski definition) is 4. The minimum atomic E-state index is -0.761. The Kier molecular flexibility index (Phi) is 5.60. The lowest BCUT2D eigenvalue weighted by Crippen LogP contribution is -2.36. The normalized spacial score (nSPS) is 12.2. The van der Waals surface area contributed by atoms with E-state index in [1.54, 1.807) is 40.0 Å². The van der Waals surface area contributed by atoms with Crippen molar-refractivity contribution < 1.29 is 14.3 Å². The average Bonchev–Trinajstić information content (AvgIpc) is 2.39. The lowest BCUT2D eigenvalue weighted by molar-refractivity contribution is 0.0257. The van der Waals surface area contributed by atoms with E-state index in [4.69, 9.17) is 9.47 Å². The van der Waals surface area contributed by atoms with Gasteiger partial charge in [-0.15, -0.1) is 0 Å². The van der Waals surface area contributed by atoms with Crippen LogP contribution in [0.3, 0.4) is 0 Å². The molecule has 0 N–H and O–H groups in total. The van der Waals surface area contributed by atoms with Gasteiger partial charge in [0.15, 0.2) is 6.04 Å². The molecule has 0 spiro atoms. The molecule has 5 heteroatoms. The standard InChI is InChI=1S/C16H22N2O3/c1-6-20-14-10-8-7-9-12(14)13(11-17)18(5)15(19)21-16(2,3)4/h7-10,13H,6H2,1-5H3. The average molecular weight is 290 g/mol. The summed E-state index contributed by atoms with van der Waals surface area (Å²) in [7, 11) is 1.55. The summed E-state index contributed by atoms with van der Waals surface area (Å²) in [5, 5.41) is 9.43. The van der Waals surface area contributed by atoms with Crippen molar-refractivity contribution in [1.82, 2.24) is 4.90 Å². The Morgan fingerprint density at radius 1 is 1.38 bits per heavy atom. The molecule has 1 atom stereocenters. The number of nitrogens with zero attached hydrogens (tertiary/aromatic N) is 2. The monoisotopic (exact) mass is 290 g/mol. The van der Waals surface area contributed by atoms with Crippen LogP contribution in [0.2, 0.25) is 0 Å². The SMILES string of the molecule is CCOc1ccccc1C(C#N)N(C)C(=O)OC(C)(C)C. The first kappa shape index (κ1) is 16.8. The van der Waals surface area contributed by atoms with E-state index in [0.29, 0.717) is 17.9 Å². The first-order valence-corrected chi connectivity index (χ1v) is 6.87. The van der Waals surface area contributed by atoms with Crippen molar-refractivity contribution in [2.24, 2.45) is 0 Å². The highest BCUT2D eigenvalue weighted by Crippen LogP contribution is 2.29. The van der Waals surface area contributed by atoms with Crippen LogP contribution in [-0.4, -0.2) is 30.2 Å². The molecule has 1 aromatic rings. The van der Waals surface area contributed by atoms with Crippen LogP contribution in [0.15, 0.2) is 24.3 Å². The fourth-order valence-corrected chi connectivity index (χ4v) is 1.80. The number of carbonyl (C=O) groups excluding carboxylic acids is 1. The first-order valence-electron chi connectivity index (χ1n) is 6.87. The largest absolute Gasteiger partial charge is 0.493 e.